The molecule has 2 aromatic carbocycles. The molecule has 0 radical (unpaired) electrons. The van der Waals surface area contributed by atoms with Gasteiger partial charge in [-0.2, -0.15) is 4.31 Å². The lowest BCUT2D eigenvalue weighted by Crippen LogP contribution is -2.28. The summed E-state index contributed by atoms with van der Waals surface area (Å²) in [7, 11) is -3.71. The first-order chi connectivity index (χ1) is 13.7. The van der Waals surface area contributed by atoms with Gasteiger partial charge in [0, 0.05) is 25.2 Å². The number of nitro groups is 1. The third kappa shape index (κ3) is 4.38. The molecule has 0 aromatic heterocycles. The molecule has 9 nitrogen and oxygen atoms in total. The van der Waals surface area contributed by atoms with Crippen molar-refractivity contribution in [2.45, 2.75) is 30.8 Å². The third-order valence-electron chi connectivity index (χ3n) is 4.77. The van der Waals surface area contributed by atoms with E-state index in [1.165, 1.54) is 40.7 Å². The average Bonchev–Trinajstić information content (AvgIpc) is 3.23. The Hall–Kier alpha value is -2.98. The zero-order chi connectivity index (χ0) is 21.2. The smallest absolute Gasteiger partial charge is 0.269 e. The molecule has 1 amide bonds. The summed E-state index contributed by atoms with van der Waals surface area (Å²) in [6.45, 7) is 2.55. The number of nitrogens with zero attached hydrogens (tertiary/aromatic N) is 2. The Morgan fingerprint density at radius 2 is 1.90 bits per heavy atom. The van der Waals surface area contributed by atoms with Crippen LogP contribution in [0.5, 0.6) is 5.75 Å². The van der Waals surface area contributed by atoms with E-state index < -0.39 is 27.0 Å². The van der Waals surface area contributed by atoms with E-state index in [9.17, 15) is 23.3 Å². The summed E-state index contributed by atoms with van der Waals surface area (Å²) in [5, 5.41) is 11.0. The molecule has 0 bridgehead atoms. The van der Waals surface area contributed by atoms with Crippen molar-refractivity contribution >= 4 is 21.6 Å². The van der Waals surface area contributed by atoms with Crippen LogP contribution in [0.25, 0.3) is 0 Å². The highest BCUT2D eigenvalue weighted by molar-refractivity contribution is 7.89. The summed E-state index contributed by atoms with van der Waals surface area (Å²) in [6.07, 6.45) is 0.960. The molecule has 154 valence electrons. The second-order valence-corrected chi connectivity index (χ2v) is 8.68. The van der Waals surface area contributed by atoms with Crippen molar-refractivity contribution in [3.63, 3.8) is 0 Å². The highest BCUT2D eigenvalue weighted by Crippen LogP contribution is 2.30. The molecule has 1 aliphatic heterocycles. The largest absolute Gasteiger partial charge is 0.485 e. The number of rotatable bonds is 7. The minimum absolute atomic E-state index is 0.0245. The van der Waals surface area contributed by atoms with E-state index in [1.54, 1.807) is 13.0 Å². The number of primary amides is 1. The molecule has 0 aliphatic carbocycles. The second kappa shape index (κ2) is 8.18. The van der Waals surface area contributed by atoms with E-state index in [2.05, 4.69) is 0 Å². The van der Waals surface area contributed by atoms with Crippen LogP contribution >= 0.6 is 0 Å². The van der Waals surface area contributed by atoms with Gasteiger partial charge in [-0.25, -0.2) is 8.42 Å². The molecule has 1 saturated heterocycles. The maximum Gasteiger partial charge on any atom is 0.269 e. The van der Waals surface area contributed by atoms with Crippen LogP contribution < -0.4 is 10.5 Å². The maximum absolute atomic E-state index is 12.7. The van der Waals surface area contributed by atoms with E-state index >= 15 is 0 Å². The van der Waals surface area contributed by atoms with Crippen LogP contribution in [0.3, 0.4) is 0 Å². The Morgan fingerprint density at radius 3 is 2.52 bits per heavy atom. The molecule has 1 fully saturated rings. The third-order valence-corrected chi connectivity index (χ3v) is 6.67. The predicted octanol–water partition coefficient (Wildman–Crippen LogP) is 2.62. The number of sulfonamides is 1. The quantitative estimate of drug-likeness (QED) is 0.542. The van der Waals surface area contributed by atoms with E-state index in [0.717, 1.165) is 12.8 Å². The molecule has 3 rings (SSSR count). The van der Waals surface area contributed by atoms with Gasteiger partial charge in [0.05, 0.1) is 15.4 Å². The van der Waals surface area contributed by atoms with Gasteiger partial charge in [0.2, 0.25) is 10.0 Å². The summed E-state index contributed by atoms with van der Waals surface area (Å²) in [4.78, 5) is 22.4. The highest BCUT2D eigenvalue weighted by atomic mass is 32.2. The number of benzene rings is 2. The topological polar surface area (TPSA) is 133 Å². The molecule has 2 N–H and O–H groups in total. The lowest BCUT2D eigenvalue weighted by atomic mass is 10.1. The Bertz CT molecular complexity index is 1050. The first-order valence-electron chi connectivity index (χ1n) is 9.05. The summed E-state index contributed by atoms with van der Waals surface area (Å²) >= 11 is 0. The standard InChI is InChI=1S/C19H21N3O6S/c1-13(14-5-4-6-15(11-14)22(24)25)28-18-8-7-16(12-17(18)19(20)23)29(26,27)21-9-2-3-10-21/h4-8,11-13H,2-3,9-10H2,1H3,(H2,20,23)/t13-/m1/s1. The molecule has 0 saturated carbocycles. The number of amides is 1. The Kier molecular flexibility index (Phi) is 5.85. The molecule has 10 heteroatoms. The molecule has 2 aromatic rings. The van der Waals surface area contributed by atoms with Crippen LogP contribution in [0.2, 0.25) is 0 Å². The number of nitrogens with two attached hydrogens (primary N) is 1. The number of hydrogen-bond donors (Lipinski definition) is 1. The zero-order valence-corrected chi connectivity index (χ0v) is 16.6. The Balaban J connectivity index is 1.90. The van der Waals surface area contributed by atoms with Gasteiger partial charge in [0.1, 0.15) is 11.9 Å². The van der Waals surface area contributed by atoms with Crippen molar-refractivity contribution in [1.82, 2.24) is 4.31 Å². The van der Waals surface area contributed by atoms with Crippen molar-refractivity contribution in [2.75, 3.05) is 13.1 Å². The molecular formula is C19H21N3O6S. The summed E-state index contributed by atoms with van der Waals surface area (Å²) in [5.41, 5.74) is 5.82. The monoisotopic (exact) mass is 419 g/mol. The number of carbonyl (C=O) groups is 1. The van der Waals surface area contributed by atoms with Crippen molar-refractivity contribution in [3.05, 3.63) is 63.7 Å². The number of nitro benzene ring substituents is 1. The van der Waals surface area contributed by atoms with Crippen molar-refractivity contribution < 1.29 is 22.9 Å². The minimum Gasteiger partial charge on any atom is -0.485 e. The highest BCUT2D eigenvalue weighted by Gasteiger charge is 2.28. The van der Waals surface area contributed by atoms with Gasteiger partial charge in [0.15, 0.2) is 0 Å². The first-order valence-corrected chi connectivity index (χ1v) is 10.5. The Labute approximate surface area is 168 Å². The van der Waals surface area contributed by atoms with Crippen LogP contribution in [0, 0.1) is 10.1 Å². The van der Waals surface area contributed by atoms with Gasteiger partial charge in [-0.15, -0.1) is 0 Å². The molecule has 29 heavy (non-hydrogen) atoms. The van der Waals surface area contributed by atoms with E-state index in [4.69, 9.17) is 10.5 Å². The van der Waals surface area contributed by atoms with Crippen LogP contribution in [-0.2, 0) is 10.0 Å². The van der Waals surface area contributed by atoms with Gasteiger partial charge >= 0.3 is 0 Å². The summed E-state index contributed by atoms with van der Waals surface area (Å²) < 4.78 is 32.6. The molecule has 1 atom stereocenters. The van der Waals surface area contributed by atoms with Crippen molar-refractivity contribution in [2.24, 2.45) is 5.73 Å². The van der Waals surface area contributed by atoms with Gasteiger partial charge < -0.3 is 10.5 Å². The molecular weight excluding hydrogens is 398 g/mol. The lowest BCUT2D eigenvalue weighted by Gasteiger charge is -2.19. The maximum atomic E-state index is 12.7. The lowest BCUT2D eigenvalue weighted by molar-refractivity contribution is -0.385. The summed E-state index contributed by atoms with van der Waals surface area (Å²) in [6, 6.07) is 9.91. The summed E-state index contributed by atoms with van der Waals surface area (Å²) in [5.74, 6) is -0.721. The molecule has 0 unspecified atom stereocenters. The van der Waals surface area contributed by atoms with Gasteiger partial charge in [-0.3, -0.25) is 14.9 Å². The second-order valence-electron chi connectivity index (χ2n) is 6.75. The molecule has 1 aliphatic rings. The Morgan fingerprint density at radius 1 is 1.21 bits per heavy atom. The average molecular weight is 419 g/mol. The number of carbonyl (C=O) groups excluding carboxylic acids is 1. The minimum atomic E-state index is -3.71. The number of ether oxygens (including phenoxy) is 1. The van der Waals surface area contributed by atoms with Crippen molar-refractivity contribution in [3.8, 4) is 5.75 Å². The van der Waals surface area contributed by atoms with Gasteiger partial charge in [0.25, 0.3) is 11.6 Å². The van der Waals surface area contributed by atoms with Crippen LogP contribution in [0.1, 0.15) is 41.8 Å². The first kappa shape index (κ1) is 20.7. The molecule has 0 spiro atoms. The van der Waals surface area contributed by atoms with E-state index in [1.807, 2.05) is 0 Å². The predicted molar refractivity (Wildman–Crippen MR) is 105 cm³/mol. The van der Waals surface area contributed by atoms with Crippen LogP contribution in [-0.4, -0.2) is 36.6 Å². The van der Waals surface area contributed by atoms with Gasteiger partial charge in [-0.1, -0.05) is 12.1 Å². The van der Waals surface area contributed by atoms with Crippen LogP contribution in [0.4, 0.5) is 5.69 Å². The normalized spacial score (nSPS) is 15.8. The zero-order valence-electron chi connectivity index (χ0n) is 15.8. The fourth-order valence-corrected chi connectivity index (χ4v) is 4.74. The number of non-ortho nitro benzene ring substituents is 1. The SMILES string of the molecule is C[C@@H](Oc1ccc(S(=O)(=O)N2CCCC2)cc1C(N)=O)c1cccc([N+](=O)[O-])c1. The molecule has 1 heterocycles. The van der Waals surface area contributed by atoms with Crippen LogP contribution in [0.15, 0.2) is 47.4 Å². The fourth-order valence-electron chi connectivity index (χ4n) is 3.19. The van der Waals surface area contributed by atoms with Gasteiger partial charge in [-0.05, 0) is 43.5 Å². The van der Waals surface area contributed by atoms with E-state index in [-0.39, 0.29) is 21.9 Å². The van der Waals surface area contributed by atoms with Crippen molar-refractivity contribution in [1.29, 1.82) is 0 Å². The van der Waals surface area contributed by atoms with E-state index in [0.29, 0.717) is 18.7 Å². The number of hydrogen-bond acceptors (Lipinski definition) is 6. The fraction of sp³-hybridized carbons (Fsp3) is 0.316.